The molecule has 0 aromatic heterocycles. The molecule has 0 unspecified atom stereocenters. The van der Waals surface area contributed by atoms with Crippen LogP contribution in [0.25, 0.3) is 0 Å². The summed E-state index contributed by atoms with van der Waals surface area (Å²) in [6.07, 6.45) is 1.23. The normalized spacial score (nSPS) is 11.3. The van der Waals surface area contributed by atoms with Crippen LogP contribution in [0.2, 0.25) is 5.02 Å². The Morgan fingerprint density at radius 1 is 1.17 bits per heavy atom. The Balaban J connectivity index is 2.36. The maximum Gasteiger partial charge on any atom is 0.269 e. The fraction of sp³-hybridized carbons (Fsp3) is 0.294. The Labute approximate surface area is 139 Å². The first kappa shape index (κ1) is 17.2. The number of halogens is 2. The molecular formula is C17H17ClFNO3. The zero-order chi connectivity index (χ0) is 17.0. The maximum atomic E-state index is 13.8. The van der Waals surface area contributed by atoms with E-state index in [1.54, 1.807) is 18.2 Å². The topological polar surface area (TPSA) is 52.4 Å². The Hall–Kier alpha value is -2.14. The Morgan fingerprint density at radius 3 is 2.26 bits per heavy atom. The second kappa shape index (κ2) is 6.96. The van der Waals surface area contributed by atoms with Gasteiger partial charge in [-0.15, -0.1) is 0 Å². The molecule has 0 radical (unpaired) electrons. The van der Waals surface area contributed by atoms with Crippen LogP contribution in [0.1, 0.15) is 32.3 Å². The molecule has 0 spiro atoms. The highest BCUT2D eigenvalue weighted by atomic mass is 35.5. The largest absolute Gasteiger partial charge is 0.483 e. The fourth-order valence-corrected chi connectivity index (χ4v) is 2.62. The summed E-state index contributed by atoms with van der Waals surface area (Å²) in [5.41, 5.74) is -0.0436. The van der Waals surface area contributed by atoms with E-state index in [0.29, 0.717) is 24.2 Å². The molecule has 0 heterocycles. The van der Waals surface area contributed by atoms with Crippen molar-refractivity contribution >= 4 is 17.3 Å². The summed E-state index contributed by atoms with van der Waals surface area (Å²) in [7, 11) is 0. The molecule has 0 N–H and O–H groups in total. The number of nitro groups is 1. The van der Waals surface area contributed by atoms with Crippen molar-refractivity contribution in [3.8, 4) is 5.75 Å². The highest BCUT2D eigenvalue weighted by Crippen LogP contribution is 2.36. The van der Waals surface area contributed by atoms with E-state index in [-0.39, 0.29) is 10.7 Å². The lowest BCUT2D eigenvalue weighted by molar-refractivity contribution is -0.384. The van der Waals surface area contributed by atoms with Crippen LogP contribution in [0.5, 0.6) is 5.75 Å². The predicted octanol–water partition coefficient (Wildman–Crippen LogP) is 5.48. The van der Waals surface area contributed by atoms with Crippen molar-refractivity contribution in [2.45, 2.75) is 32.3 Å². The first-order valence-electron chi connectivity index (χ1n) is 7.31. The lowest BCUT2D eigenvalue weighted by Crippen LogP contribution is -2.31. The van der Waals surface area contributed by atoms with Gasteiger partial charge in [-0.05, 0) is 42.7 Å². The van der Waals surface area contributed by atoms with E-state index in [9.17, 15) is 14.5 Å². The molecule has 0 aliphatic heterocycles. The zero-order valence-corrected chi connectivity index (χ0v) is 13.6. The molecule has 0 saturated carbocycles. The number of nitrogens with zero attached hydrogens (tertiary/aromatic N) is 1. The Morgan fingerprint density at radius 2 is 1.78 bits per heavy atom. The van der Waals surface area contributed by atoms with E-state index >= 15 is 0 Å². The minimum atomic E-state index is -0.721. The summed E-state index contributed by atoms with van der Waals surface area (Å²) in [5.74, 6) is -0.00241. The van der Waals surface area contributed by atoms with E-state index in [0.717, 1.165) is 0 Å². The number of rotatable bonds is 6. The van der Waals surface area contributed by atoms with Crippen molar-refractivity contribution in [2.75, 3.05) is 0 Å². The van der Waals surface area contributed by atoms with Crippen molar-refractivity contribution in [3.63, 3.8) is 0 Å². The molecule has 0 atom stereocenters. The molecule has 23 heavy (non-hydrogen) atoms. The molecule has 122 valence electrons. The van der Waals surface area contributed by atoms with Gasteiger partial charge < -0.3 is 4.74 Å². The molecular weight excluding hydrogens is 321 g/mol. The van der Waals surface area contributed by atoms with Gasteiger partial charge in [0.2, 0.25) is 0 Å². The van der Waals surface area contributed by atoms with Crippen molar-refractivity contribution in [2.24, 2.45) is 0 Å². The molecule has 0 aliphatic rings. The monoisotopic (exact) mass is 337 g/mol. The average Bonchev–Trinajstić information content (AvgIpc) is 2.56. The van der Waals surface area contributed by atoms with Gasteiger partial charge in [-0.2, -0.15) is 0 Å². The lowest BCUT2D eigenvalue weighted by Gasteiger charge is -2.33. The van der Waals surface area contributed by atoms with Gasteiger partial charge >= 0.3 is 0 Å². The van der Waals surface area contributed by atoms with E-state index < -0.39 is 16.3 Å². The van der Waals surface area contributed by atoms with Crippen LogP contribution >= 0.6 is 11.6 Å². The zero-order valence-electron chi connectivity index (χ0n) is 12.9. The minimum Gasteiger partial charge on any atom is -0.483 e. The van der Waals surface area contributed by atoms with Crippen LogP contribution in [0.3, 0.4) is 0 Å². The van der Waals surface area contributed by atoms with Gasteiger partial charge in [-0.1, -0.05) is 31.5 Å². The van der Waals surface area contributed by atoms with Crippen molar-refractivity contribution in [1.29, 1.82) is 0 Å². The highest BCUT2D eigenvalue weighted by Gasteiger charge is 2.31. The number of hydrogen-bond donors (Lipinski definition) is 0. The molecule has 4 nitrogen and oxygen atoms in total. The molecule has 0 fully saturated rings. The third kappa shape index (κ3) is 3.62. The molecule has 0 aliphatic carbocycles. The van der Waals surface area contributed by atoms with Gasteiger partial charge in [0.15, 0.2) is 0 Å². The summed E-state index contributed by atoms with van der Waals surface area (Å²) in [5, 5.41) is 10.8. The van der Waals surface area contributed by atoms with Crippen LogP contribution < -0.4 is 4.74 Å². The maximum absolute atomic E-state index is 13.8. The average molecular weight is 338 g/mol. The number of ether oxygens (including phenoxy) is 1. The second-order valence-electron chi connectivity index (χ2n) is 5.18. The van der Waals surface area contributed by atoms with Gasteiger partial charge in [0.05, 0.1) is 9.95 Å². The quantitative estimate of drug-likeness (QED) is 0.518. The number of benzene rings is 2. The molecule has 0 bridgehead atoms. The highest BCUT2D eigenvalue weighted by molar-refractivity contribution is 6.30. The van der Waals surface area contributed by atoms with Crippen molar-refractivity contribution in [3.05, 3.63) is 69.0 Å². The van der Waals surface area contributed by atoms with E-state index in [1.165, 1.54) is 24.3 Å². The molecule has 0 amide bonds. The summed E-state index contributed by atoms with van der Waals surface area (Å²) < 4.78 is 19.9. The summed E-state index contributed by atoms with van der Waals surface area (Å²) in [6, 6.07) is 10.5. The number of nitro benzene ring substituents is 1. The number of non-ortho nitro benzene ring substituents is 1. The van der Waals surface area contributed by atoms with Gasteiger partial charge in [0.25, 0.3) is 5.69 Å². The minimum absolute atomic E-state index is 0.00603. The standard InChI is InChI=1S/C17H17ClFNO3/c1-3-17(4-2,12-5-10-15(18)16(19)11-12)23-14-8-6-13(7-9-14)20(21)22/h5-11H,3-4H2,1-2H3. The van der Waals surface area contributed by atoms with Gasteiger partial charge in [0.1, 0.15) is 17.2 Å². The Kier molecular flexibility index (Phi) is 5.21. The SMILES string of the molecule is CCC(CC)(Oc1ccc([N+](=O)[O-])cc1)c1ccc(Cl)c(F)c1. The third-order valence-corrected chi connectivity index (χ3v) is 4.26. The van der Waals surface area contributed by atoms with E-state index in [1.807, 2.05) is 13.8 Å². The molecule has 2 aromatic rings. The summed E-state index contributed by atoms with van der Waals surface area (Å²) in [6.45, 7) is 3.89. The van der Waals surface area contributed by atoms with E-state index in [2.05, 4.69) is 0 Å². The molecule has 2 rings (SSSR count). The van der Waals surface area contributed by atoms with E-state index in [4.69, 9.17) is 16.3 Å². The molecule has 2 aromatic carbocycles. The van der Waals surface area contributed by atoms with Crippen molar-refractivity contribution < 1.29 is 14.1 Å². The first-order chi connectivity index (χ1) is 10.9. The van der Waals surface area contributed by atoms with Gasteiger partial charge in [0, 0.05) is 12.1 Å². The fourth-order valence-electron chi connectivity index (χ4n) is 2.50. The molecule has 6 heteroatoms. The van der Waals surface area contributed by atoms with Crippen molar-refractivity contribution in [1.82, 2.24) is 0 Å². The predicted molar refractivity (Wildman–Crippen MR) is 87.4 cm³/mol. The Bertz CT molecular complexity index is 699. The summed E-state index contributed by atoms with van der Waals surface area (Å²) in [4.78, 5) is 10.2. The lowest BCUT2D eigenvalue weighted by atomic mass is 9.88. The third-order valence-electron chi connectivity index (χ3n) is 3.95. The van der Waals surface area contributed by atoms with Crippen LogP contribution in [-0.2, 0) is 5.60 Å². The van der Waals surface area contributed by atoms with Crippen LogP contribution in [0.4, 0.5) is 10.1 Å². The second-order valence-corrected chi connectivity index (χ2v) is 5.59. The first-order valence-corrected chi connectivity index (χ1v) is 7.68. The number of hydrogen-bond acceptors (Lipinski definition) is 3. The smallest absolute Gasteiger partial charge is 0.269 e. The van der Waals surface area contributed by atoms with Crippen LogP contribution in [0.15, 0.2) is 42.5 Å². The van der Waals surface area contributed by atoms with Gasteiger partial charge in [-0.3, -0.25) is 10.1 Å². The molecule has 0 saturated heterocycles. The summed E-state index contributed by atoms with van der Waals surface area (Å²) >= 11 is 5.74. The van der Waals surface area contributed by atoms with Crippen LogP contribution in [-0.4, -0.2) is 4.92 Å². The van der Waals surface area contributed by atoms with Crippen LogP contribution in [0, 0.1) is 15.9 Å². The van der Waals surface area contributed by atoms with Gasteiger partial charge in [-0.25, -0.2) is 4.39 Å².